The lowest BCUT2D eigenvalue weighted by Crippen LogP contribution is -2.55. The summed E-state index contributed by atoms with van der Waals surface area (Å²) in [6.45, 7) is 9.77. The first-order chi connectivity index (χ1) is 13.8. The van der Waals surface area contributed by atoms with Crippen molar-refractivity contribution in [2.75, 3.05) is 6.54 Å². The lowest BCUT2D eigenvalue weighted by molar-refractivity contribution is -0.151. The number of aliphatic carboxylic acids is 1. The molecule has 0 aromatic rings. The second-order valence-corrected chi connectivity index (χ2v) is 9.59. The van der Waals surface area contributed by atoms with Gasteiger partial charge in [-0.3, -0.25) is 4.79 Å². The first-order valence-corrected chi connectivity index (χ1v) is 10.9. The second kappa shape index (κ2) is 9.52. The van der Waals surface area contributed by atoms with Crippen LogP contribution in [0.1, 0.15) is 73.1 Å². The quantitative estimate of drug-likeness (QED) is 0.593. The molecule has 172 valence electrons. The molecule has 3 atom stereocenters. The van der Waals surface area contributed by atoms with Crippen LogP contribution in [0, 0.1) is 11.8 Å². The Morgan fingerprint density at radius 1 is 1.27 bits per heavy atom. The molecule has 8 heteroatoms. The third kappa shape index (κ3) is 6.32. The van der Waals surface area contributed by atoms with Crippen LogP contribution in [0.15, 0.2) is 12.0 Å². The number of carboxylic acid groups (broad SMARTS) is 1. The molecule has 1 saturated heterocycles. The number of rotatable bonds is 7. The molecule has 1 saturated carbocycles. The summed E-state index contributed by atoms with van der Waals surface area (Å²) < 4.78 is 33.4. The first-order valence-electron chi connectivity index (χ1n) is 10.9. The van der Waals surface area contributed by atoms with Gasteiger partial charge >= 0.3 is 5.97 Å². The molecule has 0 aromatic carbocycles. The van der Waals surface area contributed by atoms with Crippen molar-refractivity contribution >= 4 is 11.9 Å². The topological polar surface area (TPSA) is 78.9 Å². The third-order valence-electron chi connectivity index (χ3n) is 5.84. The summed E-state index contributed by atoms with van der Waals surface area (Å²) in [4.78, 5) is 26.7. The number of ether oxygens (including phenoxy) is 1. The summed E-state index contributed by atoms with van der Waals surface area (Å²) in [5.41, 5.74) is -0.507. The molecule has 0 spiro atoms. The lowest BCUT2D eigenvalue weighted by atomic mass is 9.81. The van der Waals surface area contributed by atoms with Gasteiger partial charge in [0.2, 0.25) is 11.8 Å². The number of carbonyl (C=O) groups excluding carboxylic acids is 1. The van der Waals surface area contributed by atoms with Crippen molar-refractivity contribution in [1.82, 2.24) is 10.2 Å². The monoisotopic (exact) mass is 430 g/mol. The molecule has 2 unspecified atom stereocenters. The number of amides is 1. The number of allylic oxidation sites excluding steroid dienone is 1. The standard InChI is InChI=1S/C22H36F2N2O4/c1-6-7-16(30-21(3,4)5)25-17(15-8-11-22(23,24)12-9-15)19(27)26-13-10-14(2)18(26)20(28)29/h7,14-15,17-18,25H,6,8-13H2,1-5H3,(H,28,29)/b16-7+/t14-,17?,18?/m0/s1. The van der Waals surface area contributed by atoms with Crippen LogP contribution in [0.25, 0.3) is 0 Å². The van der Waals surface area contributed by atoms with E-state index in [2.05, 4.69) is 5.32 Å². The molecule has 6 nitrogen and oxygen atoms in total. The largest absolute Gasteiger partial charge is 0.480 e. The molecule has 1 aliphatic carbocycles. The number of alkyl halides is 2. The highest BCUT2D eigenvalue weighted by atomic mass is 19.3. The van der Waals surface area contributed by atoms with Gasteiger partial charge in [-0.25, -0.2) is 13.6 Å². The molecule has 0 bridgehead atoms. The molecule has 1 amide bonds. The SMILES string of the molecule is CC/C=C(\NC(C(=O)N1CC[C@H](C)C1C(=O)O)C1CCC(F)(F)CC1)OC(C)(C)C. The van der Waals surface area contributed by atoms with Crippen molar-refractivity contribution < 1.29 is 28.2 Å². The van der Waals surface area contributed by atoms with Crippen LogP contribution in [0.3, 0.4) is 0 Å². The molecule has 2 aliphatic rings. The third-order valence-corrected chi connectivity index (χ3v) is 5.84. The summed E-state index contributed by atoms with van der Waals surface area (Å²) in [5.74, 6) is -4.12. The summed E-state index contributed by atoms with van der Waals surface area (Å²) in [6, 6.07) is -1.69. The van der Waals surface area contributed by atoms with Crippen LogP contribution in [-0.2, 0) is 14.3 Å². The van der Waals surface area contributed by atoms with E-state index in [1.807, 2.05) is 40.7 Å². The van der Waals surface area contributed by atoms with Gasteiger partial charge in [-0.2, -0.15) is 0 Å². The van der Waals surface area contributed by atoms with Gasteiger partial charge in [0.05, 0.1) is 0 Å². The van der Waals surface area contributed by atoms with E-state index in [1.54, 1.807) is 0 Å². The van der Waals surface area contributed by atoms with E-state index in [0.29, 0.717) is 25.3 Å². The second-order valence-electron chi connectivity index (χ2n) is 9.59. The Hall–Kier alpha value is -1.86. The number of carboxylic acids is 1. The number of nitrogens with zero attached hydrogens (tertiary/aromatic N) is 1. The zero-order chi connectivity index (χ0) is 22.7. The maximum Gasteiger partial charge on any atom is 0.326 e. The van der Waals surface area contributed by atoms with Crippen LogP contribution in [0.2, 0.25) is 0 Å². The lowest BCUT2D eigenvalue weighted by Gasteiger charge is -2.37. The molecule has 0 radical (unpaired) electrons. The number of likely N-dealkylation sites (tertiary alicyclic amines) is 1. The Bertz CT molecular complexity index is 650. The molecule has 1 heterocycles. The average Bonchev–Trinajstić information content (AvgIpc) is 3.00. The molecular weight excluding hydrogens is 394 g/mol. The predicted octanol–water partition coefficient (Wildman–Crippen LogP) is 4.16. The van der Waals surface area contributed by atoms with Crippen molar-refractivity contribution in [3.8, 4) is 0 Å². The van der Waals surface area contributed by atoms with Crippen molar-refractivity contribution in [1.29, 1.82) is 0 Å². The van der Waals surface area contributed by atoms with Crippen LogP contribution in [-0.4, -0.2) is 52.0 Å². The maximum atomic E-state index is 13.7. The number of hydrogen-bond donors (Lipinski definition) is 2. The Balaban J connectivity index is 2.30. The number of halogens is 2. The van der Waals surface area contributed by atoms with E-state index in [9.17, 15) is 23.5 Å². The van der Waals surface area contributed by atoms with Gasteiger partial charge in [-0.15, -0.1) is 0 Å². The average molecular weight is 431 g/mol. The van der Waals surface area contributed by atoms with Gasteiger partial charge in [0, 0.05) is 19.4 Å². The predicted molar refractivity (Wildman–Crippen MR) is 110 cm³/mol. The van der Waals surface area contributed by atoms with Crippen molar-refractivity contribution in [3.05, 3.63) is 12.0 Å². The van der Waals surface area contributed by atoms with Crippen molar-refractivity contribution in [2.24, 2.45) is 11.8 Å². The molecule has 30 heavy (non-hydrogen) atoms. The fraction of sp³-hybridized carbons (Fsp3) is 0.818. The van der Waals surface area contributed by atoms with Gasteiger partial charge in [0.25, 0.3) is 0 Å². The molecule has 0 aromatic heterocycles. The highest BCUT2D eigenvalue weighted by Crippen LogP contribution is 2.39. The van der Waals surface area contributed by atoms with Crippen LogP contribution in [0.5, 0.6) is 0 Å². The van der Waals surface area contributed by atoms with Crippen LogP contribution in [0.4, 0.5) is 8.78 Å². The normalized spacial score (nSPS) is 26.4. The van der Waals surface area contributed by atoms with Gasteiger partial charge in [-0.1, -0.05) is 13.8 Å². The molecule has 2 fully saturated rings. The Labute approximate surface area is 178 Å². The Morgan fingerprint density at radius 2 is 1.87 bits per heavy atom. The number of hydrogen-bond acceptors (Lipinski definition) is 4. The molecule has 2 N–H and O–H groups in total. The summed E-state index contributed by atoms with van der Waals surface area (Å²) >= 11 is 0. The van der Waals surface area contributed by atoms with Crippen molar-refractivity contribution in [2.45, 2.75) is 96.8 Å². The minimum Gasteiger partial charge on any atom is -0.480 e. The van der Waals surface area contributed by atoms with Gasteiger partial charge in [0.1, 0.15) is 17.7 Å². The fourth-order valence-electron chi connectivity index (χ4n) is 4.33. The van der Waals surface area contributed by atoms with E-state index in [4.69, 9.17) is 4.74 Å². The van der Waals surface area contributed by atoms with E-state index in [1.165, 1.54) is 4.90 Å². The van der Waals surface area contributed by atoms with E-state index >= 15 is 0 Å². The minimum atomic E-state index is -2.71. The van der Waals surface area contributed by atoms with E-state index in [-0.39, 0.29) is 43.4 Å². The fourth-order valence-corrected chi connectivity index (χ4v) is 4.33. The van der Waals surface area contributed by atoms with Crippen LogP contribution < -0.4 is 5.32 Å². The summed E-state index contributed by atoms with van der Waals surface area (Å²) in [6.07, 6.45) is 2.96. The Kier molecular flexibility index (Phi) is 7.74. The molecule has 1 aliphatic heterocycles. The minimum absolute atomic E-state index is 0.153. The van der Waals surface area contributed by atoms with Gasteiger partial charge < -0.3 is 20.1 Å². The zero-order valence-corrected chi connectivity index (χ0v) is 18.7. The van der Waals surface area contributed by atoms with Gasteiger partial charge in [0.15, 0.2) is 5.88 Å². The van der Waals surface area contributed by atoms with Crippen LogP contribution >= 0.6 is 0 Å². The van der Waals surface area contributed by atoms with E-state index < -0.39 is 29.6 Å². The zero-order valence-electron chi connectivity index (χ0n) is 18.7. The first kappa shape index (κ1) is 24.4. The molecule has 2 rings (SSSR count). The number of carbonyl (C=O) groups is 2. The Morgan fingerprint density at radius 3 is 2.37 bits per heavy atom. The van der Waals surface area contributed by atoms with Crippen molar-refractivity contribution in [3.63, 3.8) is 0 Å². The smallest absolute Gasteiger partial charge is 0.326 e. The maximum absolute atomic E-state index is 13.7. The highest BCUT2D eigenvalue weighted by Gasteiger charge is 2.46. The highest BCUT2D eigenvalue weighted by molar-refractivity contribution is 5.88. The summed E-state index contributed by atoms with van der Waals surface area (Å²) in [7, 11) is 0. The van der Waals surface area contributed by atoms with E-state index in [0.717, 1.165) is 0 Å². The summed E-state index contributed by atoms with van der Waals surface area (Å²) in [5, 5.41) is 12.8. The number of nitrogens with one attached hydrogen (secondary N) is 1. The van der Waals surface area contributed by atoms with Gasteiger partial charge in [-0.05, 0) is 64.4 Å². The molecular formula is C22H36F2N2O4.